The number of dihydropyridines is 1. The molecule has 0 atom stereocenters. The fraction of sp³-hybridized carbons (Fsp3) is 0.0417. The zero-order chi connectivity index (χ0) is 19.0. The van der Waals surface area contributed by atoms with Gasteiger partial charge in [0.05, 0.1) is 11.4 Å². The summed E-state index contributed by atoms with van der Waals surface area (Å²) in [5, 5.41) is 3.15. The molecule has 0 radical (unpaired) electrons. The lowest BCUT2D eigenvalue weighted by molar-refractivity contribution is 0.964. The fourth-order valence-electron chi connectivity index (χ4n) is 2.83. The van der Waals surface area contributed by atoms with E-state index in [0.717, 1.165) is 34.6 Å². The van der Waals surface area contributed by atoms with E-state index in [4.69, 9.17) is 0 Å². The van der Waals surface area contributed by atoms with E-state index in [2.05, 4.69) is 62.8 Å². The highest BCUT2D eigenvalue weighted by Crippen LogP contribution is 2.19. The zero-order valence-corrected chi connectivity index (χ0v) is 15.4. The maximum Gasteiger partial charge on any atom is 0.0892 e. The van der Waals surface area contributed by atoms with Gasteiger partial charge in [0, 0.05) is 31.3 Å². The van der Waals surface area contributed by atoms with Gasteiger partial charge in [0.1, 0.15) is 0 Å². The Balaban J connectivity index is 1.54. The normalized spacial score (nSPS) is 13.6. The van der Waals surface area contributed by atoms with Crippen LogP contribution in [0, 0.1) is 0 Å². The minimum absolute atomic E-state index is 0.855. The predicted octanol–water partition coefficient (Wildman–Crippen LogP) is 4.77. The number of hydrogen-bond donors (Lipinski definition) is 1. The maximum absolute atomic E-state index is 4.50. The van der Waals surface area contributed by atoms with E-state index in [1.54, 1.807) is 12.4 Å². The number of pyridine rings is 3. The van der Waals surface area contributed by atoms with Gasteiger partial charge in [-0.1, -0.05) is 30.4 Å². The third kappa shape index (κ3) is 4.68. The van der Waals surface area contributed by atoms with E-state index in [9.17, 15) is 0 Å². The third-order valence-electron chi connectivity index (χ3n) is 4.32. The van der Waals surface area contributed by atoms with Crippen molar-refractivity contribution >= 4 is 18.2 Å². The molecule has 0 fully saturated rings. The number of nitrogens with one attached hydrogen (secondary N) is 1. The van der Waals surface area contributed by atoms with Crippen molar-refractivity contribution in [1.29, 1.82) is 0 Å². The van der Waals surface area contributed by atoms with Crippen molar-refractivity contribution in [2.45, 2.75) is 0 Å². The molecule has 1 N–H and O–H groups in total. The molecule has 136 valence electrons. The van der Waals surface area contributed by atoms with Crippen LogP contribution in [0.1, 0.15) is 16.7 Å². The fourth-order valence-corrected chi connectivity index (χ4v) is 2.83. The Hall–Kier alpha value is -3.79. The van der Waals surface area contributed by atoms with Crippen LogP contribution in [0.3, 0.4) is 0 Å². The highest BCUT2D eigenvalue weighted by Gasteiger charge is 2.02. The van der Waals surface area contributed by atoms with Gasteiger partial charge in [-0.2, -0.15) is 0 Å². The zero-order valence-electron chi connectivity index (χ0n) is 15.4. The molecule has 0 bridgehead atoms. The van der Waals surface area contributed by atoms with Gasteiger partial charge in [-0.05, 0) is 70.9 Å². The molecule has 0 saturated carbocycles. The van der Waals surface area contributed by atoms with Gasteiger partial charge in [-0.3, -0.25) is 15.0 Å². The lowest BCUT2D eigenvalue weighted by Crippen LogP contribution is -2.07. The average Bonchev–Trinajstić information content (AvgIpc) is 2.78. The molecule has 1 aliphatic heterocycles. The quantitative estimate of drug-likeness (QED) is 0.709. The average molecular weight is 364 g/mol. The van der Waals surface area contributed by atoms with E-state index < -0.39 is 0 Å². The molecule has 4 rings (SSSR count). The second kappa shape index (κ2) is 8.73. The molecule has 3 aromatic heterocycles. The van der Waals surface area contributed by atoms with E-state index >= 15 is 0 Å². The summed E-state index contributed by atoms with van der Waals surface area (Å²) in [4.78, 5) is 13.0. The minimum Gasteiger partial charge on any atom is -0.387 e. The van der Waals surface area contributed by atoms with Gasteiger partial charge >= 0.3 is 0 Å². The van der Waals surface area contributed by atoms with E-state index in [1.165, 1.54) is 5.57 Å². The van der Waals surface area contributed by atoms with Crippen molar-refractivity contribution in [2.75, 3.05) is 6.54 Å². The summed E-state index contributed by atoms with van der Waals surface area (Å²) in [5.74, 6) is 0. The summed E-state index contributed by atoms with van der Waals surface area (Å²) in [6, 6.07) is 12.0. The van der Waals surface area contributed by atoms with Crippen LogP contribution >= 0.6 is 0 Å². The van der Waals surface area contributed by atoms with Gasteiger partial charge in [0.2, 0.25) is 0 Å². The van der Waals surface area contributed by atoms with Crippen LogP contribution in [-0.2, 0) is 0 Å². The van der Waals surface area contributed by atoms with Crippen LogP contribution in [0.2, 0.25) is 0 Å². The van der Waals surface area contributed by atoms with Crippen molar-refractivity contribution in [2.24, 2.45) is 0 Å². The molecule has 0 saturated heterocycles. The highest BCUT2D eigenvalue weighted by atomic mass is 14.8. The van der Waals surface area contributed by atoms with Crippen LogP contribution in [0.25, 0.3) is 29.6 Å². The molecular formula is C24H20N4. The largest absolute Gasteiger partial charge is 0.387 e. The summed E-state index contributed by atoms with van der Waals surface area (Å²) in [5.41, 5.74) is 6.19. The van der Waals surface area contributed by atoms with Crippen molar-refractivity contribution < 1.29 is 0 Å². The Labute approximate surface area is 164 Å². The summed E-state index contributed by atoms with van der Waals surface area (Å²) in [6.45, 7) is 0.863. The Kier molecular flexibility index (Phi) is 5.49. The first kappa shape index (κ1) is 17.6. The van der Waals surface area contributed by atoms with Gasteiger partial charge in [0.25, 0.3) is 0 Å². The van der Waals surface area contributed by atoms with E-state index in [1.807, 2.05) is 48.9 Å². The summed E-state index contributed by atoms with van der Waals surface area (Å²) in [7, 11) is 0. The van der Waals surface area contributed by atoms with Crippen LogP contribution in [0.4, 0.5) is 0 Å². The first-order chi connectivity index (χ1) is 13.9. The number of aromatic nitrogens is 3. The summed E-state index contributed by atoms with van der Waals surface area (Å²) in [6.07, 6.45) is 21.7. The molecule has 1 aliphatic rings. The molecular weight excluding hydrogens is 344 g/mol. The van der Waals surface area contributed by atoms with Crippen molar-refractivity contribution in [3.8, 4) is 11.4 Å². The monoisotopic (exact) mass is 364 g/mol. The van der Waals surface area contributed by atoms with Gasteiger partial charge < -0.3 is 5.32 Å². The standard InChI is InChI=1S/C24H20N4/c1(19-5-11-25-12-6-19)3-21-9-15-27-23(17-21)24-18-22(10-16-28-24)4-2-20-7-13-26-14-8-20/h1-13,15-18,26H,14H2/b3-1+,4-2+. The maximum atomic E-state index is 4.50. The Morgan fingerprint density at radius 2 is 1.32 bits per heavy atom. The molecule has 0 spiro atoms. The number of allylic oxidation sites excluding steroid dienone is 3. The second-order valence-electron chi connectivity index (χ2n) is 6.34. The number of rotatable bonds is 5. The minimum atomic E-state index is 0.855. The molecule has 4 nitrogen and oxygen atoms in total. The van der Waals surface area contributed by atoms with Crippen LogP contribution < -0.4 is 5.32 Å². The second-order valence-corrected chi connectivity index (χ2v) is 6.34. The van der Waals surface area contributed by atoms with E-state index in [-0.39, 0.29) is 0 Å². The topological polar surface area (TPSA) is 50.7 Å². The predicted molar refractivity (Wildman–Crippen MR) is 115 cm³/mol. The third-order valence-corrected chi connectivity index (χ3v) is 4.32. The van der Waals surface area contributed by atoms with Crippen LogP contribution in [-0.4, -0.2) is 21.5 Å². The summed E-state index contributed by atoms with van der Waals surface area (Å²) < 4.78 is 0. The smallest absolute Gasteiger partial charge is 0.0892 e. The Bertz CT molecular complexity index is 1060. The van der Waals surface area contributed by atoms with Gasteiger partial charge in [-0.15, -0.1) is 0 Å². The molecule has 4 heterocycles. The molecule has 3 aromatic rings. The lowest BCUT2D eigenvalue weighted by Gasteiger charge is -2.05. The number of hydrogen-bond acceptors (Lipinski definition) is 4. The molecule has 28 heavy (non-hydrogen) atoms. The first-order valence-electron chi connectivity index (χ1n) is 9.16. The van der Waals surface area contributed by atoms with Crippen molar-refractivity contribution in [3.05, 3.63) is 108 Å². The highest BCUT2D eigenvalue weighted by molar-refractivity contribution is 5.72. The summed E-state index contributed by atoms with van der Waals surface area (Å²) >= 11 is 0. The Morgan fingerprint density at radius 3 is 1.96 bits per heavy atom. The SMILES string of the molecule is C1=CC(/C=C/c2ccnc(-c3cc(/C=C/c4ccncc4)ccn3)c2)=CCN1. The lowest BCUT2D eigenvalue weighted by atomic mass is 10.1. The van der Waals surface area contributed by atoms with Crippen LogP contribution in [0.5, 0.6) is 0 Å². The van der Waals surface area contributed by atoms with Crippen molar-refractivity contribution in [1.82, 2.24) is 20.3 Å². The molecule has 0 amide bonds. The molecule has 0 aliphatic carbocycles. The van der Waals surface area contributed by atoms with E-state index in [0.29, 0.717) is 0 Å². The number of nitrogens with zero attached hydrogens (tertiary/aromatic N) is 3. The Morgan fingerprint density at radius 1 is 0.714 bits per heavy atom. The van der Waals surface area contributed by atoms with Gasteiger partial charge in [-0.25, -0.2) is 0 Å². The van der Waals surface area contributed by atoms with Crippen LogP contribution in [0.15, 0.2) is 91.2 Å². The molecule has 0 unspecified atom stereocenters. The first-order valence-corrected chi connectivity index (χ1v) is 9.16. The molecule has 0 aromatic carbocycles. The van der Waals surface area contributed by atoms with Gasteiger partial charge in [0.15, 0.2) is 0 Å². The van der Waals surface area contributed by atoms with Crippen molar-refractivity contribution in [3.63, 3.8) is 0 Å². The molecule has 4 heteroatoms.